The van der Waals surface area contributed by atoms with Crippen LogP contribution in [-0.4, -0.2) is 36.9 Å². The highest BCUT2D eigenvalue weighted by Crippen LogP contribution is 2.17. The number of carbonyl (C=O) groups is 1. The van der Waals surface area contributed by atoms with Crippen molar-refractivity contribution in [3.8, 4) is 0 Å². The molecule has 0 radical (unpaired) electrons. The van der Waals surface area contributed by atoms with Crippen molar-refractivity contribution in [3.05, 3.63) is 42.1 Å². The van der Waals surface area contributed by atoms with Gasteiger partial charge in [0, 0.05) is 17.6 Å². The SMILES string of the molecule is O=C(NC1CCS(=O)(=O)C1)c1ccnc2ccccc12. The van der Waals surface area contributed by atoms with Crippen molar-refractivity contribution < 1.29 is 13.2 Å². The number of hydrogen-bond acceptors (Lipinski definition) is 4. The highest BCUT2D eigenvalue weighted by Gasteiger charge is 2.29. The predicted octanol–water partition coefficient (Wildman–Crippen LogP) is 1.15. The van der Waals surface area contributed by atoms with E-state index in [1.54, 1.807) is 12.3 Å². The maximum absolute atomic E-state index is 12.3. The van der Waals surface area contributed by atoms with Crippen LogP contribution in [0, 0.1) is 0 Å². The molecule has 1 N–H and O–H groups in total. The standard InChI is InChI=1S/C14H14N2O3S/c17-14(16-10-6-8-20(18,19)9-10)12-5-7-15-13-4-2-1-3-11(12)13/h1-5,7,10H,6,8-9H2,(H,16,17). The quantitative estimate of drug-likeness (QED) is 0.900. The topological polar surface area (TPSA) is 76.1 Å². The van der Waals surface area contributed by atoms with Crippen molar-refractivity contribution in [2.24, 2.45) is 0 Å². The summed E-state index contributed by atoms with van der Waals surface area (Å²) in [7, 11) is -2.99. The number of pyridine rings is 1. The molecule has 0 spiro atoms. The normalized spacial score (nSPS) is 20.9. The van der Waals surface area contributed by atoms with Crippen LogP contribution in [0.15, 0.2) is 36.5 Å². The van der Waals surface area contributed by atoms with Gasteiger partial charge in [0.1, 0.15) is 0 Å². The Morgan fingerprint density at radius 2 is 2.05 bits per heavy atom. The van der Waals surface area contributed by atoms with E-state index >= 15 is 0 Å². The number of aromatic nitrogens is 1. The average molecular weight is 290 g/mol. The fourth-order valence-corrected chi connectivity index (χ4v) is 4.14. The zero-order valence-corrected chi connectivity index (χ0v) is 11.6. The average Bonchev–Trinajstić information content (AvgIpc) is 2.77. The van der Waals surface area contributed by atoms with Crippen LogP contribution in [0.3, 0.4) is 0 Å². The van der Waals surface area contributed by atoms with Gasteiger partial charge < -0.3 is 5.32 Å². The van der Waals surface area contributed by atoms with Crippen molar-refractivity contribution in [1.82, 2.24) is 10.3 Å². The lowest BCUT2D eigenvalue weighted by molar-refractivity contribution is 0.0943. The molecule has 104 valence electrons. The lowest BCUT2D eigenvalue weighted by Gasteiger charge is -2.12. The molecule has 1 unspecified atom stereocenters. The summed E-state index contributed by atoms with van der Waals surface area (Å²) >= 11 is 0. The van der Waals surface area contributed by atoms with Gasteiger partial charge in [-0.2, -0.15) is 0 Å². The molecule has 0 saturated carbocycles. The first-order valence-corrected chi connectivity index (χ1v) is 8.22. The summed E-state index contributed by atoms with van der Waals surface area (Å²) in [5.41, 5.74) is 1.28. The second-order valence-corrected chi connectivity index (χ2v) is 7.18. The maximum atomic E-state index is 12.3. The molecule has 1 fully saturated rings. The molecule has 2 aromatic rings. The van der Waals surface area contributed by atoms with E-state index in [2.05, 4.69) is 10.3 Å². The van der Waals surface area contributed by atoms with Crippen LogP contribution < -0.4 is 5.32 Å². The second kappa shape index (κ2) is 4.86. The fraction of sp³-hybridized carbons (Fsp3) is 0.286. The van der Waals surface area contributed by atoms with Gasteiger partial charge in [-0.3, -0.25) is 9.78 Å². The monoisotopic (exact) mass is 290 g/mol. The summed E-state index contributed by atoms with van der Waals surface area (Å²) < 4.78 is 22.8. The number of rotatable bonds is 2. The molecule has 1 saturated heterocycles. The van der Waals surface area contributed by atoms with Crippen LogP contribution in [0.5, 0.6) is 0 Å². The van der Waals surface area contributed by atoms with Crippen molar-refractivity contribution >= 4 is 26.6 Å². The minimum Gasteiger partial charge on any atom is -0.348 e. The van der Waals surface area contributed by atoms with E-state index < -0.39 is 9.84 Å². The van der Waals surface area contributed by atoms with E-state index in [4.69, 9.17) is 0 Å². The Morgan fingerprint density at radius 1 is 1.25 bits per heavy atom. The molecule has 1 aromatic carbocycles. The van der Waals surface area contributed by atoms with Crippen LogP contribution in [0.1, 0.15) is 16.8 Å². The highest BCUT2D eigenvalue weighted by atomic mass is 32.2. The number of nitrogens with one attached hydrogen (secondary N) is 1. The van der Waals surface area contributed by atoms with Crippen LogP contribution in [-0.2, 0) is 9.84 Å². The van der Waals surface area contributed by atoms with Gasteiger partial charge in [0.15, 0.2) is 9.84 Å². The third-order valence-electron chi connectivity index (χ3n) is 3.46. The molecular weight excluding hydrogens is 276 g/mol. The minimum absolute atomic E-state index is 0.0295. The summed E-state index contributed by atoms with van der Waals surface area (Å²) in [6, 6.07) is 8.75. The zero-order valence-electron chi connectivity index (χ0n) is 10.7. The number of benzene rings is 1. The molecule has 1 aliphatic rings. The van der Waals surface area contributed by atoms with Gasteiger partial charge in [0.2, 0.25) is 0 Å². The van der Waals surface area contributed by atoms with Crippen molar-refractivity contribution in [1.29, 1.82) is 0 Å². The first kappa shape index (κ1) is 13.1. The lowest BCUT2D eigenvalue weighted by Crippen LogP contribution is -2.35. The summed E-state index contributed by atoms with van der Waals surface area (Å²) in [5, 5.41) is 3.57. The zero-order chi connectivity index (χ0) is 14.2. The summed E-state index contributed by atoms with van der Waals surface area (Å²) in [6.07, 6.45) is 2.07. The third-order valence-corrected chi connectivity index (χ3v) is 5.23. The Hall–Kier alpha value is -1.95. The Bertz CT molecular complexity index is 766. The number of amides is 1. The molecule has 5 nitrogen and oxygen atoms in total. The van der Waals surface area contributed by atoms with Gasteiger partial charge in [0.25, 0.3) is 5.91 Å². The summed E-state index contributed by atoms with van der Waals surface area (Å²) in [6.45, 7) is 0. The van der Waals surface area contributed by atoms with E-state index in [9.17, 15) is 13.2 Å². The van der Waals surface area contributed by atoms with Gasteiger partial charge in [-0.1, -0.05) is 18.2 Å². The molecule has 1 aromatic heterocycles. The molecule has 0 bridgehead atoms. The predicted molar refractivity (Wildman–Crippen MR) is 76.3 cm³/mol. The molecular formula is C14H14N2O3S. The summed E-state index contributed by atoms with van der Waals surface area (Å²) in [4.78, 5) is 16.5. The number of sulfone groups is 1. The Morgan fingerprint density at radius 3 is 2.80 bits per heavy atom. The number of nitrogens with zero attached hydrogens (tertiary/aromatic N) is 1. The van der Waals surface area contributed by atoms with Gasteiger partial charge in [-0.25, -0.2) is 8.42 Å². The first-order chi connectivity index (χ1) is 9.55. The molecule has 1 aliphatic heterocycles. The van der Waals surface area contributed by atoms with Crippen molar-refractivity contribution in [2.45, 2.75) is 12.5 Å². The van der Waals surface area contributed by atoms with E-state index in [1.807, 2.05) is 24.3 Å². The number of carbonyl (C=O) groups excluding carboxylic acids is 1. The van der Waals surface area contributed by atoms with Crippen molar-refractivity contribution in [2.75, 3.05) is 11.5 Å². The summed E-state index contributed by atoms with van der Waals surface area (Å²) in [5.74, 6) is -0.0673. The van der Waals surface area contributed by atoms with E-state index in [1.165, 1.54) is 0 Å². The van der Waals surface area contributed by atoms with Crippen LogP contribution in [0.2, 0.25) is 0 Å². The first-order valence-electron chi connectivity index (χ1n) is 6.40. The molecule has 3 rings (SSSR count). The second-order valence-electron chi connectivity index (χ2n) is 4.95. The minimum atomic E-state index is -2.99. The Kier molecular flexibility index (Phi) is 3.17. The molecule has 1 atom stereocenters. The Labute approximate surface area is 116 Å². The van der Waals surface area contributed by atoms with Gasteiger partial charge in [-0.05, 0) is 18.6 Å². The lowest BCUT2D eigenvalue weighted by atomic mass is 10.1. The maximum Gasteiger partial charge on any atom is 0.252 e. The smallest absolute Gasteiger partial charge is 0.252 e. The molecule has 20 heavy (non-hydrogen) atoms. The fourth-order valence-electron chi connectivity index (χ4n) is 2.47. The van der Waals surface area contributed by atoms with E-state index in [0.29, 0.717) is 12.0 Å². The van der Waals surface area contributed by atoms with Crippen LogP contribution >= 0.6 is 0 Å². The third kappa shape index (κ3) is 2.51. The van der Waals surface area contributed by atoms with Gasteiger partial charge in [-0.15, -0.1) is 0 Å². The number of hydrogen-bond donors (Lipinski definition) is 1. The molecule has 6 heteroatoms. The Balaban J connectivity index is 1.86. The van der Waals surface area contributed by atoms with Gasteiger partial charge in [0.05, 0.1) is 22.6 Å². The van der Waals surface area contributed by atoms with Crippen molar-refractivity contribution in [3.63, 3.8) is 0 Å². The highest BCUT2D eigenvalue weighted by molar-refractivity contribution is 7.91. The molecule has 1 amide bonds. The number of fused-ring (bicyclic) bond motifs is 1. The van der Waals surface area contributed by atoms with E-state index in [-0.39, 0.29) is 23.5 Å². The number of para-hydroxylation sites is 1. The molecule has 0 aliphatic carbocycles. The van der Waals surface area contributed by atoms with Gasteiger partial charge >= 0.3 is 0 Å². The largest absolute Gasteiger partial charge is 0.348 e. The van der Waals surface area contributed by atoms with E-state index in [0.717, 1.165) is 10.9 Å². The molecule has 2 heterocycles. The van der Waals surface area contributed by atoms with Crippen LogP contribution in [0.4, 0.5) is 0 Å². The van der Waals surface area contributed by atoms with Crippen LogP contribution in [0.25, 0.3) is 10.9 Å².